The summed E-state index contributed by atoms with van der Waals surface area (Å²) in [4.78, 5) is 19.3. The number of carbonyl (C=O) groups is 1. The second kappa shape index (κ2) is 9.58. The molecule has 0 spiro atoms. The van der Waals surface area contributed by atoms with Crippen molar-refractivity contribution in [2.45, 2.75) is 57.4 Å². The van der Waals surface area contributed by atoms with E-state index in [-0.39, 0.29) is 5.41 Å². The van der Waals surface area contributed by atoms with Gasteiger partial charge in [0.25, 0.3) is 0 Å². The zero-order chi connectivity index (χ0) is 21.8. The summed E-state index contributed by atoms with van der Waals surface area (Å²) in [6.45, 7) is 6.97. The molecule has 166 valence electrons. The van der Waals surface area contributed by atoms with Crippen LogP contribution in [-0.4, -0.2) is 37.1 Å². The topological polar surface area (TPSA) is 54.5 Å². The number of nitrogens with zero attached hydrogens (tertiary/aromatic N) is 2. The Bertz CT molecular complexity index is 890. The molecule has 1 saturated heterocycles. The minimum Gasteiger partial charge on any atom is -0.381 e. The molecular weight excluding hydrogens is 410 g/mol. The van der Waals surface area contributed by atoms with E-state index in [0.29, 0.717) is 17.0 Å². The normalized spacial score (nSPS) is 18.5. The minimum absolute atomic E-state index is 0.385. The van der Waals surface area contributed by atoms with E-state index in [1.54, 1.807) is 0 Å². The van der Waals surface area contributed by atoms with E-state index in [2.05, 4.69) is 30.1 Å². The van der Waals surface area contributed by atoms with Crippen LogP contribution in [0.15, 0.2) is 36.5 Å². The van der Waals surface area contributed by atoms with Gasteiger partial charge in [0.1, 0.15) is 6.29 Å². The van der Waals surface area contributed by atoms with Gasteiger partial charge in [0, 0.05) is 42.7 Å². The van der Waals surface area contributed by atoms with Crippen molar-refractivity contribution < 1.29 is 9.53 Å². The molecular formula is C25H32ClN3O2. The van der Waals surface area contributed by atoms with Gasteiger partial charge in [-0.3, -0.25) is 0 Å². The van der Waals surface area contributed by atoms with Gasteiger partial charge >= 0.3 is 0 Å². The van der Waals surface area contributed by atoms with Crippen LogP contribution in [0.3, 0.4) is 0 Å². The molecule has 0 atom stereocenters. The fraction of sp³-hybridized carbons (Fsp3) is 0.520. The highest BCUT2D eigenvalue weighted by Crippen LogP contribution is 2.44. The molecule has 31 heavy (non-hydrogen) atoms. The molecule has 1 aliphatic heterocycles. The van der Waals surface area contributed by atoms with Crippen LogP contribution >= 0.6 is 11.6 Å². The van der Waals surface area contributed by atoms with Crippen LogP contribution in [0, 0.1) is 5.92 Å². The summed E-state index contributed by atoms with van der Waals surface area (Å²) in [6.07, 6.45) is 7.90. The predicted octanol–water partition coefficient (Wildman–Crippen LogP) is 5.74. The fourth-order valence-corrected chi connectivity index (χ4v) is 4.70. The molecule has 1 N–H and O–H groups in total. The molecule has 0 bridgehead atoms. The zero-order valence-electron chi connectivity index (χ0n) is 18.4. The van der Waals surface area contributed by atoms with Crippen molar-refractivity contribution in [2.24, 2.45) is 5.92 Å². The SMILES string of the molecule is CC(C)CN(c1ncc(C2(C=O)CCC2)cc1Nc1ccc(Cl)cc1)C1CCOCC1. The number of ether oxygens (including phenoxy) is 1. The third-order valence-corrected chi connectivity index (χ3v) is 6.75. The summed E-state index contributed by atoms with van der Waals surface area (Å²) in [5.41, 5.74) is 2.52. The Kier molecular flexibility index (Phi) is 6.83. The van der Waals surface area contributed by atoms with Gasteiger partial charge in [-0.2, -0.15) is 0 Å². The standard InChI is InChI=1S/C25H32ClN3O2/c1-18(2)16-29(22-8-12-31-13-9-22)24-23(28-21-6-4-20(26)5-7-21)14-19(15-27-24)25(17-30)10-3-11-25/h4-7,14-15,17-18,22,28H,3,8-13,16H2,1-2H3. The number of hydrogen-bond acceptors (Lipinski definition) is 5. The number of benzene rings is 1. The lowest BCUT2D eigenvalue weighted by molar-refractivity contribution is -0.115. The van der Waals surface area contributed by atoms with Crippen molar-refractivity contribution in [3.63, 3.8) is 0 Å². The van der Waals surface area contributed by atoms with Crippen molar-refractivity contribution in [2.75, 3.05) is 30.0 Å². The second-order valence-electron chi connectivity index (χ2n) is 9.24. The van der Waals surface area contributed by atoms with E-state index in [0.717, 1.165) is 80.9 Å². The molecule has 0 radical (unpaired) electrons. The monoisotopic (exact) mass is 441 g/mol. The van der Waals surface area contributed by atoms with Gasteiger partial charge < -0.3 is 19.7 Å². The van der Waals surface area contributed by atoms with E-state index in [1.165, 1.54) is 0 Å². The minimum atomic E-state index is -0.385. The first kappa shape index (κ1) is 22.1. The Labute approximate surface area is 190 Å². The first-order valence-electron chi connectivity index (χ1n) is 11.3. The Balaban J connectivity index is 1.74. The quantitative estimate of drug-likeness (QED) is 0.529. The second-order valence-corrected chi connectivity index (χ2v) is 9.68. The molecule has 0 unspecified atom stereocenters. The Morgan fingerprint density at radius 2 is 1.97 bits per heavy atom. The lowest BCUT2D eigenvalue weighted by Crippen LogP contribution is -2.42. The van der Waals surface area contributed by atoms with Crippen LogP contribution in [0.5, 0.6) is 0 Å². The highest BCUT2D eigenvalue weighted by molar-refractivity contribution is 6.30. The smallest absolute Gasteiger partial charge is 0.152 e. The molecule has 4 rings (SSSR count). The highest BCUT2D eigenvalue weighted by Gasteiger charge is 2.39. The molecule has 2 aliphatic rings. The van der Waals surface area contributed by atoms with Crippen molar-refractivity contribution in [1.29, 1.82) is 0 Å². The molecule has 6 heteroatoms. The summed E-state index contributed by atoms with van der Waals surface area (Å²) in [7, 11) is 0. The van der Waals surface area contributed by atoms with E-state index < -0.39 is 0 Å². The summed E-state index contributed by atoms with van der Waals surface area (Å²) in [5.74, 6) is 1.44. The van der Waals surface area contributed by atoms with E-state index in [9.17, 15) is 4.79 Å². The largest absolute Gasteiger partial charge is 0.381 e. The van der Waals surface area contributed by atoms with Crippen molar-refractivity contribution in [3.05, 3.63) is 47.1 Å². The van der Waals surface area contributed by atoms with Gasteiger partial charge in [0.05, 0.1) is 11.1 Å². The van der Waals surface area contributed by atoms with Crippen LogP contribution in [0.2, 0.25) is 5.02 Å². The summed E-state index contributed by atoms with van der Waals surface area (Å²) in [5, 5.41) is 4.27. The van der Waals surface area contributed by atoms with Gasteiger partial charge in [0.2, 0.25) is 0 Å². The molecule has 2 fully saturated rings. The van der Waals surface area contributed by atoms with Gasteiger partial charge in [0.15, 0.2) is 5.82 Å². The Morgan fingerprint density at radius 1 is 1.26 bits per heavy atom. The number of anilines is 3. The van der Waals surface area contributed by atoms with Gasteiger partial charge in [-0.25, -0.2) is 4.98 Å². The maximum absolute atomic E-state index is 11.9. The number of hydrogen-bond donors (Lipinski definition) is 1. The molecule has 1 aliphatic carbocycles. The molecule has 2 aromatic rings. The molecule has 5 nitrogen and oxygen atoms in total. The maximum Gasteiger partial charge on any atom is 0.152 e. The Hall–Kier alpha value is -2.11. The zero-order valence-corrected chi connectivity index (χ0v) is 19.2. The first-order chi connectivity index (χ1) is 15.0. The summed E-state index contributed by atoms with van der Waals surface area (Å²) in [6, 6.07) is 10.2. The van der Waals surface area contributed by atoms with Crippen LogP contribution in [0.1, 0.15) is 51.5 Å². The lowest BCUT2D eigenvalue weighted by Gasteiger charge is -2.39. The van der Waals surface area contributed by atoms with Crippen molar-refractivity contribution >= 4 is 35.1 Å². The van der Waals surface area contributed by atoms with Crippen molar-refractivity contribution in [1.82, 2.24) is 4.98 Å². The van der Waals surface area contributed by atoms with E-state index in [4.69, 9.17) is 21.3 Å². The summed E-state index contributed by atoms with van der Waals surface area (Å²) >= 11 is 6.09. The first-order valence-corrected chi connectivity index (χ1v) is 11.7. The molecule has 1 saturated carbocycles. The number of pyridine rings is 1. The van der Waals surface area contributed by atoms with E-state index in [1.807, 2.05) is 30.5 Å². The average Bonchev–Trinajstić information content (AvgIpc) is 2.74. The number of aromatic nitrogens is 1. The van der Waals surface area contributed by atoms with Crippen LogP contribution in [0.4, 0.5) is 17.2 Å². The number of nitrogens with one attached hydrogen (secondary N) is 1. The maximum atomic E-state index is 11.9. The molecule has 0 amide bonds. The van der Waals surface area contributed by atoms with Crippen molar-refractivity contribution in [3.8, 4) is 0 Å². The molecule has 1 aromatic carbocycles. The number of carbonyl (C=O) groups excluding carboxylic acids is 1. The van der Waals surface area contributed by atoms with Gasteiger partial charge in [-0.1, -0.05) is 31.9 Å². The number of aldehydes is 1. The van der Waals surface area contributed by atoms with E-state index >= 15 is 0 Å². The fourth-order valence-electron chi connectivity index (χ4n) is 4.57. The third kappa shape index (κ3) is 4.88. The lowest BCUT2D eigenvalue weighted by atomic mass is 9.66. The number of halogens is 1. The summed E-state index contributed by atoms with van der Waals surface area (Å²) < 4.78 is 5.61. The molecule has 1 aromatic heterocycles. The predicted molar refractivity (Wildman–Crippen MR) is 127 cm³/mol. The van der Waals surface area contributed by atoms with Gasteiger partial charge in [-0.15, -0.1) is 0 Å². The average molecular weight is 442 g/mol. The Morgan fingerprint density at radius 3 is 2.55 bits per heavy atom. The molecule has 2 heterocycles. The van der Waals surface area contributed by atoms with Gasteiger partial charge in [-0.05, 0) is 67.5 Å². The third-order valence-electron chi connectivity index (χ3n) is 6.50. The number of rotatable bonds is 8. The highest BCUT2D eigenvalue weighted by atomic mass is 35.5. The van der Waals surface area contributed by atoms with Crippen LogP contribution < -0.4 is 10.2 Å². The van der Waals surface area contributed by atoms with Crippen LogP contribution in [-0.2, 0) is 14.9 Å². The van der Waals surface area contributed by atoms with Crippen LogP contribution in [0.25, 0.3) is 0 Å².